The van der Waals surface area contributed by atoms with E-state index in [1.807, 2.05) is 31.2 Å². The van der Waals surface area contributed by atoms with Crippen LogP contribution in [0.25, 0.3) is 0 Å². The first-order chi connectivity index (χ1) is 22.3. The van der Waals surface area contributed by atoms with E-state index in [0.29, 0.717) is 24.3 Å². The van der Waals surface area contributed by atoms with Crippen LogP contribution in [0, 0.1) is 13.8 Å². The summed E-state index contributed by atoms with van der Waals surface area (Å²) in [4.78, 5) is 15.7. The molecule has 1 heterocycles. The van der Waals surface area contributed by atoms with Crippen LogP contribution < -0.4 is 4.74 Å². The molecular formula is C36H45F2O8S2+. The maximum atomic E-state index is 13.8. The zero-order chi connectivity index (χ0) is 35.5. The van der Waals surface area contributed by atoms with Crippen molar-refractivity contribution < 1.29 is 45.5 Å². The van der Waals surface area contributed by atoms with Crippen molar-refractivity contribution in [1.82, 2.24) is 0 Å². The van der Waals surface area contributed by atoms with Crippen LogP contribution in [-0.2, 0) is 51.2 Å². The molecule has 2 atom stereocenters. The average Bonchev–Trinajstić information content (AvgIpc) is 2.99. The standard InChI is InChI=1S/C36H44F2O8S2/c1-24-21-31(22-25(2)33(24)46-32(39)23-43-26(3)36(37,38)48(40,41)42)47(29-15-11-27(12-16-29)34(4,5)6)30-17-13-28(14-18-30)35(7)44-19-9-8-10-20-45-35/h11-18,21-22,26H,8-10,19-20,23H2,1-7H3/p+1. The Balaban J connectivity index is 1.65. The van der Waals surface area contributed by atoms with Gasteiger partial charge in [0.05, 0.1) is 24.1 Å². The lowest BCUT2D eigenvalue weighted by molar-refractivity contribution is -0.241. The summed E-state index contributed by atoms with van der Waals surface area (Å²) in [5, 5.41) is -4.59. The zero-order valence-electron chi connectivity index (χ0n) is 28.5. The normalized spacial score (nSPS) is 17.2. The van der Waals surface area contributed by atoms with E-state index in [4.69, 9.17) is 23.5 Å². The van der Waals surface area contributed by atoms with Crippen LogP contribution in [0.4, 0.5) is 8.78 Å². The van der Waals surface area contributed by atoms with Gasteiger partial charge in [-0.15, -0.1) is 0 Å². The lowest BCUT2D eigenvalue weighted by atomic mass is 9.87. The van der Waals surface area contributed by atoms with Gasteiger partial charge >= 0.3 is 21.3 Å². The first-order valence-electron chi connectivity index (χ1n) is 15.8. The second-order valence-electron chi connectivity index (χ2n) is 13.2. The van der Waals surface area contributed by atoms with Gasteiger partial charge in [-0.1, -0.05) is 32.9 Å². The Kier molecular flexibility index (Phi) is 11.8. The van der Waals surface area contributed by atoms with Crippen molar-refractivity contribution in [3.63, 3.8) is 0 Å². The number of carbonyl (C=O) groups is 1. The van der Waals surface area contributed by atoms with Crippen LogP contribution in [0.2, 0.25) is 0 Å². The number of rotatable bonds is 10. The lowest BCUT2D eigenvalue weighted by Crippen LogP contribution is -2.42. The Hall–Kier alpha value is -2.87. The summed E-state index contributed by atoms with van der Waals surface area (Å²) in [6.07, 6.45) is 0.775. The van der Waals surface area contributed by atoms with Crippen molar-refractivity contribution in [2.45, 2.75) is 105 Å². The molecule has 12 heteroatoms. The summed E-state index contributed by atoms with van der Waals surface area (Å²) in [7, 11) is -6.29. The van der Waals surface area contributed by atoms with E-state index in [1.54, 1.807) is 13.8 Å². The van der Waals surface area contributed by atoms with Gasteiger partial charge in [-0.05, 0) is 105 Å². The third-order valence-corrected chi connectivity index (χ3v) is 11.5. The minimum atomic E-state index is -5.73. The monoisotopic (exact) mass is 707 g/mol. The Morgan fingerprint density at radius 1 is 0.917 bits per heavy atom. The van der Waals surface area contributed by atoms with Gasteiger partial charge in [-0.2, -0.15) is 17.2 Å². The summed E-state index contributed by atoms with van der Waals surface area (Å²) in [5.74, 6) is -1.59. The third kappa shape index (κ3) is 8.83. The van der Waals surface area contributed by atoms with Crippen molar-refractivity contribution in [1.29, 1.82) is 0 Å². The summed E-state index contributed by atoms with van der Waals surface area (Å²) in [6, 6.07) is 20.7. The van der Waals surface area contributed by atoms with E-state index in [9.17, 15) is 22.0 Å². The molecule has 0 aromatic heterocycles. The van der Waals surface area contributed by atoms with E-state index < -0.39 is 50.7 Å². The molecule has 0 aliphatic carbocycles. The molecule has 0 bridgehead atoms. The molecule has 1 N–H and O–H groups in total. The van der Waals surface area contributed by atoms with Crippen LogP contribution in [-0.4, -0.2) is 50.1 Å². The minimum Gasteiger partial charge on any atom is -0.424 e. The molecule has 1 saturated heterocycles. The highest BCUT2D eigenvalue weighted by Gasteiger charge is 2.50. The predicted octanol–water partition coefficient (Wildman–Crippen LogP) is 7.88. The van der Waals surface area contributed by atoms with Gasteiger partial charge in [-0.25, -0.2) is 4.79 Å². The van der Waals surface area contributed by atoms with Gasteiger partial charge in [0, 0.05) is 17.7 Å². The van der Waals surface area contributed by atoms with Crippen LogP contribution >= 0.6 is 0 Å². The number of carbonyl (C=O) groups excluding carboxylic acids is 1. The predicted molar refractivity (Wildman–Crippen MR) is 180 cm³/mol. The maximum absolute atomic E-state index is 13.8. The molecule has 262 valence electrons. The average molecular weight is 708 g/mol. The van der Waals surface area contributed by atoms with Gasteiger partial charge in [-0.3, -0.25) is 4.55 Å². The number of halogens is 2. The van der Waals surface area contributed by atoms with E-state index in [0.717, 1.165) is 46.4 Å². The van der Waals surface area contributed by atoms with Crippen LogP contribution in [0.3, 0.4) is 0 Å². The second kappa shape index (κ2) is 14.9. The highest BCUT2D eigenvalue weighted by Crippen LogP contribution is 2.38. The van der Waals surface area contributed by atoms with Crippen LogP contribution in [0.5, 0.6) is 5.75 Å². The lowest BCUT2D eigenvalue weighted by Gasteiger charge is -2.32. The van der Waals surface area contributed by atoms with Gasteiger partial charge < -0.3 is 18.9 Å². The second-order valence-corrected chi connectivity index (χ2v) is 16.7. The molecule has 0 radical (unpaired) electrons. The summed E-state index contributed by atoms with van der Waals surface area (Å²) >= 11 is 0. The molecular weight excluding hydrogens is 663 g/mol. The highest BCUT2D eigenvalue weighted by atomic mass is 32.2. The van der Waals surface area contributed by atoms with E-state index >= 15 is 0 Å². The smallest absolute Gasteiger partial charge is 0.394 e. The largest absolute Gasteiger partial charge is 0.424 e. The number of esters is 1. The quantitative estimate of drug-likeness (QED) is 0.0982. The molecule has 3 aromatic carbocycles. The van der Waals surface area contributed by atoms with Gasteiger partial charge in [0.1, 0.15) is 18.5 Å². The Morgan fingerprint density at radius 3 is 1.90 bits per heavy atom. The fourth-order valence-electron chi connectivity index (χ4n) is 5.35. The summed E-state index contributed by atoms with van der Waals surface area (Å²) < 4.78 is 81.1. The molecule has 1 aliphatic heterocycles. The maximum Gasteiger partial charge on any atom is 0.394 e. The molecule has 1 fully saturated rings. The van der Waals surface area contributed by atoms with Crippen molar-refractivity contribution in [2.24, 2.45) is 0 Å². The van der Waals surface area contributed by atoms with Crippen molar-refractivity contribution in [2.75, 3.05) is 19.8 Å². The molecule has 3 aromatic rings. The van der Waals surface area contributed by atoms with Gasteiger partial charge in [0.2, 0.25) is 0 Å². The fraction of sp³-hybridized carbons (Fsp3) is 0.472. The number of alkyl halides is 2. The van der Waals surface area contributed by atoms with Crippen molar-refractivity contribution in [3.05, 3.63) is 82.9 Å². The Morgan fingerprint density at radius 2 is 1.42 bits per heavy atom. The molecule has 48 heavy (non-hydrogen) atoms. The van der Waals surface area contributed by atoms with Crippen LogP contribution in [0.15, 0.2) is 75.4 Å². The first-order valence-corrected chi connectivity index (χ1v) is 18.5. The molecule has 0 amide bonds. The van der Waals surface area contributed by atoms with Gasteiger partial charge in [0.15, 0.2) is 20.5 Å². The molecule has 0 spiro atoms. The van der Waals surface area contributed by atoms with E-state index in [-0.39, 0.29) is 11.2 Å². The molecule has 4 rings (SSSR count). The number of hydrogen-bond acceptors (Lipinski definition) is 7. The number of aryl methyl sites for hydroxylation is 2. The van der Waals surface area contributed by atoms with Gasteiger partial charge in [0.25, 0.3) is 0 Å². The topological polar surface area (TPSA) is 108 Å². The molecule has 8 nitrogen and oxygen atoms in total. The Labute approximate surface area is 285 Å². The summed E-state index contributed by atoms with van der Waals surface area (Å²) in [5.41, 5.74) is 3.39. The molecule has 0 saturated carbocycles. The fourth-order valence-corrected chi connectivity index (χ4v) is 8.06. The first kappa shape index (κ1) is 37.9. The molecule has 1 aliphatic rings. The molecule has 2 unspecified atom stereocenters. The van der Waals surface area contributed by atoms with E-state index in [2.05, 4.69) is 57.2 Å². The third-order valence-electron chi connectivity index (χ3n) is 8.27. The highest BCUT2D eigenvalue weighted by molar-refractivity contribution is 7.97. The Bertz CT molecular complexity index is 1650. The zero-order valence-corrected chi connectivity index (χ0v) is 30.1. The summed E-state index contributed by atoms with van der Waals surface area (Å²) in [6.45, 7) is 13.1. The number of hydrogen-bond donors (Lipinski definition) is 1. The number of benzene rings is 3. The van der Waals surface area contributed by atoms with Crippen molar-refractivity contribution >= 4 is 27.0 Å². The van der Waals surface area contributed by atoms with Crippen LogP contribution in [0.1, 0.15) is 76.1 Å². The SMILES string of the molecule is Cc1cc([S+](c2ccc(C(C)(C)C)cc2)c2ccc(C3(C)OCCCCCO3)cc2)cc(C)c1OC(=O)COC(C)C(F)(F)S(=O)(=O)O. The number of ether oxygens (including phenoxy) is 4. The minimum absolute atomic E-state index is 0.0196. The van der Waals surface area contributed by atoms with E-state index in [1.165, 1.54) is 5.56 Å². The van der Waals surface area contributed by atoms with Crippen molar-refractivity contribution in [3.8, 4) is 5.75 Å².